The molecular weight excluding hydrogens is 290 g/mol. The van der Waals surface area contributed by atoms with Crippen LogP contribution in [0, 0.1) is 6.92 Å². The molecule has 1 amide bonds. The van der Waals surface area contributed by atoms with Gasteiger partial charge in [0.05, 0.1) is 0 Å². The maximum absolute atomic E-state index is 11.1. The van der Waals surface area contributed by atoms with E-state index < -0.39 is 0 Å². The number of amides is 1. The Morgan fingerprint density at radius 1 is 1.33 bits per heavy atom. The minimum absolute atomic E-state index is 0.0628. The molecule has 0 saturated heterocycles. The molecule has 0 aromatic heterocycles. The van der Waals surface area contributed by atoms with E-state index in [0.29, 0.717) is 0 Å². The Balaban J connectivity index is 2.85. The van der Waals surface area contributed by atoms with Gasteiger partial charge in [-0.25, -0.2) is 0 Å². The van der Waals surface area contributed by atoms with Crippen LogP contribution in [-0.4, -0.2) is 23.3 Å². The first-order chi connectivity index (χ1) is 8.21. The van der Waals surface area contributed by atoms with Crippen LogP contribution in [0.15, 0.2) is 18.2 Å². The first-order valence-electron chi connectivity index (χ1n) is 6.22. The Labute approximate surface area is 119 Å². The van der Waals surface area contributed by atoms with Crippen LogP contribution in [-0.2, 0) is 11.8 Å². The van der Waals surface area contributed by atoms with Crippen LogP contribution in [0.4, 0.5) is 4.79 Å². The standard InChI is InChI=1S/C15H22BrNO/c1-11-6-7-13(15(2,3)4)10-12(11)8-9-17(5)14(16)18/h6-7,10H,8-9H2,1-5H3. The summed E-state index contributed by atoms with van der Waals surface area (Å²) >= 11 is 2.97. The van der Waals surface area contributed by atoms with Gasteiger partial charge in [-0.1, -0.05) is 39.0 Å². The van der Waals surface area contributed by atoms with Crippen molar-refractivity contribution < 1.29 is 4.79 Å². The monoisotopic (exact) mass is 311 g/mol. The van der Waals surface area contributed by atoms with Crippen molar-refractivity contribution in [2.24, 2.45) is 0 Å². The maximum atomic E-state index is 11.1. The number of aryl methyl sites for hydroxylation is 1. The summed E-state index contributed by atoms with van der Waals surface area (Å²) in [6.07, 6.45) is 0.892. The number of halogens is 1. The van der Waals surface area contributed by atoms with E-state index in [4.69, 9.17) is 0 Å². The summed E-state index contributed by atoms with van der Waals surface area (Å²) in [7, 11) is 1.81. The third-order valence-electron chi connectivity index (χ3n) is 3.23. The van der Waals surface area contributed by atoms with Crippen LogP contribution in [0.5, 0.6) is 0 Å². The maximum Gasteiger partial charge on any atom is 0.289 e. The molecule has 0 atom stereocenters. The number of hydrogen-bond acceptors (Lipinski definition) is 1. The molecule has 0 fully saturated rings. The summed E-state index contributed by atoms with van der Waals surface area (Å²) in [6.45, 7) is 9.51. The van der Waals surface area contributed by atoms with Gasteiger partial charge in [-0.3, -0.25) is 4.79 Å². The van der Waals surface area contributed by atoms with Crippen molar-refractivity contribution in [3.05, 3.63) is 34.9 Å². The van der Waals surface area contributed by atoms with Crippen LogP contribution < -0.4 is 0 Å². The second kappa shape index (κ2) is 5.87. The van der Waals surface area contributed by atoms with Gasteiger partial charge < -0.3 is 4.90 Å². The smallest absolute Gasteiger partial charge is 0.289 e. The molecular formula is C15H22BrNO. The van der Waals surface area contributed by atoms with Crippen LogP contribution in [0.3, 0.4) is 0 Å². The zero-order valence-electron chi connectivity index (χ0n) is 11.9. The molecule has 0 heterocycles. The van der Waals surface area contributed by atoms with Crippen molar-refractivity contribution in [1.82, 2.24) is 4.90 Å². The third kappa shape index (κ3) is 4.13. The molecule has 2 nitrogen and oxygen atoms in total. The van der Waals surface area contributed by atoms with Gasteiger partial charge in [0, 0.05) is 29.5 Å². The zero-order valence-corrected chi connectivity index (χ0v) is 13.5. The Hall–Kier alpha value is -0.830. The van der Waals surface area contributed by atoms with Crippen LogP contribution in [0.2, 0.25) is 0 Å². The molecule has 1 rings (SSSR count). The van der Waals surface area contributed by atoms with Crippen molar-refractivity contribution >= 4 is 20.7 Å². The predicted molar refractivity (Wildman–Crippen MR) is 80.5 cm³/mol. The van der Waals surface area contributed by atoms with Crippen LogP contribution >= 0.6 is 15.9 Å². The van der Waals surface area contributed by atoms with Gasteiger partial charge in [0.15, 0.2) is 0 Å². The summed E-state index contributed by atoms with van der Waals surface area (Å²) in [6, 6.07) is 6.63. The highest BCUT2D eigenvalue weighted by atomic mass is 79.9. The van der Waals surface area contributed by atoms with Crippen molar-refractivity contribution in [3.8, 4) is 0 Å². The quantitative estimate of drug-likeness (QED) is 0.602. The van der Waals surface area contributed by atoms with Gasteiger partial charge in [0.1, 0.15) is 0 Å². The zero-order chi connectivity index (χ0) is 13.9. The third-order valence-corrected chi connectivity index (χ3v) is 3.84. The molecule has 0 aliphatic rings. The molecule has 0 N–H and O–H groups in total. The normalized spacial score (nSPS) is 11.4. The lowest BCUT2D eigenvalue weighted by molar-refractivity contribution is 0.235. The van der Waals surface area contributed by atoms with Gasteiger partial charge in [-0.05, 0) is 35.4 Å². The van der Waals surface area contributed by atoms with E-state index in [9.17, 15) is 4.79 Å². The Kier molecular flexibility index (Phi) is 4.97. The molecule has 0 unspecified atom stereocenters. The molecule has 0 aliphatic heterocycles. The van der Waals surface area contributed by atoms with Crippen molar-refractivity contribution in [2.45, 2.75) is 39.5 Å². The Morgan fingerprint density at radius 3 is 2.44 bits per heavy atom. The highest BCUT2D eigenvalue weighted by molar-refractivity contribution is 9.18. The first-order valence-corrected chi connectivity index (χ1v) is 7.01. The predicted octanol–water partition coefficient (Wildman–Crippen LogP) is 4.28. The van der Waals surface area contributed by atoms with Crippen molar-refractivity contribution in [3.63, 3.8) is 0 Å². The minimum Gasteiger partial charge on any atom is -0.336 e. The molecule has 3 heteroatoms. The molecule has 0 aliphatic carbocycles. The van der Waals surface area contributed by atoms with Crippen LogP contribution in [0.1, 0.15) is 37.5 Å². The highest BCUT2D eigenvalue weighted by Gasteiger charge is 2.15. The van der Waals surface area contributed by atoms with E-state index in [1.54, 1.807) is 11.9 Å². The summed E-state index contributed by atoms with van der Waals surface area (Å²) < 4.78 is 0. The topological polar surface area (TPSA) is 20.3 Å². The summed E-state index contributed by atoms with van der Waals surface area (Å²) in [5.41, 5.74) is 4.12. The molecule has 18 heavy (non-hydrogen) atoms. The lowest BCUT2D eigenvalue weighted by atomic mass is 9.85. The fraction of sp³-hybridized carbons (Fsp3) is 0.533. The lowest BCUT2D eigenvalue weighted by Gasteiger charge is -2.21. The molecule has 0 radical (unpaired) electrons. The summed E-state index contributed by atoms with van der Waals surface area (Å²) in [4.78, 5) is 12.7. The largest absolute Gasteiger partial charge is 0.336 e. The molecule has 0 spiro atoms. The van der Waals surface area contributed by atoms with Gasteiger partial charge in [0.25, 0.3) is 4.82 Å². The second-order valence-corrected chi connectivity index (χ2v) is 6.49. The number of rotatable bonds is 3. The fourth-order valence-electron chi connectivity index (χ4n) is 1.78. The number of hydrogen-bond donors (Lipinski definition) is 0. The molecule has 100 valence electrons. The van der Waals surface area contributed by atoms with E-state index in [-0.39, 0.29) is 10.2 Å². The highest BCUT2D eigenvalue weighted by Crippen LogP contribution is 2.24. The second-order valence-electron chi connectivity index (χ2n) is 5.82. The minimum atomic E-state index is -0.0628. The summed E-state index contributed by atoms with van der Waals surface area (Å²) in [5, 5.41) is 0. The molecule has 0 bridgehead atoms. The SMILES string of the molecule is Cc1ccc(C(C)(C)C)cc1CCN(C)C(=O)Br. The van der Waals surface area contributed by atoms with Gasteiger partial charge in [-0.15, -0.1) is 0 Å². The average Bonchev–Trinajstić information content (AvgIpc) is 2.25. The fourth-order valence-corrected chi connectivity index (χ4v) is 1.96. The Bertz CT molecular complexity index is 435. The summed E-state index contributed by atoms with van der Waals surface area (Å²) in [5.74, 6) is 0. The van der Waals surface area contributed by atoms with E-state index in [2.05, 4.69) is 61.8 Å². The molecule has 1 aromatic carbocycles. The van der Waals surface area contributed by atoms with E-state index in [1.807, 2.05) is 0 Å². The number of carbonyl (C=O) groups excluding carboxylic acids is 1. The molecule has 0 saturated carbocycles. The van der Waals surface area contributed by atoms with Crippen molar-refractivity contribution in [1.29, 1.82) is 0 Å². The number of nitrogens with zero attached hydrogens (tertiary/aromatic N) is 1. The van der Waals surface area contributed by atoms with E-state index in [1.165, 1.54) is 16.7 Å². The van der Waals surface area contributed by atoms with Crippen LogP contribution in [0.25, 0.3) is 0 Å². The van der Waals surface area contributed by atoms with Gasteiger partial charge >= 0.3 is 0 Å². The lowest BCUT2D eigenvalue weighted by Crippen LogP contribution is -2.23. The van der Waals surface area contributed by atoms with E-state index >= 15 is 0 Å². The Morgan fingerprint density at radius 2 is 1.94 bits per heavy atom. The average molecular weight is 312 g/mol. The molecule has 1 aromatic rings. The van der Waals surface area contributed by atoms with Crippen molar-refractivity contribution in [2.75, 3.05) is 13.6 Å². The van der Waals surface area contributed by atoms with Gasteiger partial charge in [-0.2, -0.15) is 0 Å². The van der Waals surface area contributed by atoms with E-state index in [0.717, 1.165) is 13.0 Å². The van der Waals surface area contributed by atoms with Gasteiger partial charge in [0.2, 0.25) is 0 Å². The number of benzene rings is 1. The number of carbonyl (C=O) groups is 1. The first kappa shape index (κ1) is 15.2. The number of likely N-dealkylation sites (N-methyl/N-ethyl adjacent to an activating group) is 1.